The van der Waals surface area contributed by atoms with Crippen LogP contribution in [0.5, 0.6) is 0 Å². The van der Waals surface area contributed by atoms with Crippen molar-refractivity contribution in [2.45, 2.75) is 26.9 Å². The zero-order valence-electron chi connectivity index (χ0n) is 13.8. The van der Waals surface area contributed by atoms with Crippen LogP contribution in [0.4, 0.5) is 5.69 Å². The van der Waals surface area contributed by atoms with Crippen LogP contribution in [0.25, 0.3) is 0 Å². The molecule has 0 heterocycles. The van der Waals surface area contributed by atoms with Crippen molar-refractivity contribution >= 4 is 52.4 Å². The summed E-state index contributed by atoms with van der Waals surface area (Å²) in [4.78, 5) is 24.6. The van der Waals surface area contributed by atoms with Crippen LogP contribution in [0.3, 0.4) is 0 Å². The van der Waals surface area contributed by atoms with E-state index < -0.39 is 18.0 Å². The molecule has 2 rings (SSSR count). The third-order valence-electron chi connectivity index (χ3n) is 3.52. The number of aryl methyl sites for hydroxylation is 2. The molecule has 0 aromatic heterocycles. The summed E-state index contributed by atoms with van der Waals surface area (Å²) in [7, 11) is 0. The fourth-order valence-corrected chi connectivity index (χ4v) is 3.03. The molecule has 0 aliphatic heterocycles. The van der Waals surface area contributed by atoms with Gasteiger partial charge in [-0.05, 0) is 44.5 Å². The SMILES string of the molecule is Cc1ccc(C)c(C(=O)O[C@@H](C)C(=O)Nc2c(Cl)cc(Cl)cc2Cl)c1. The molecule has 25 heavy (non-hydrogen) atoms. The van der Waals surface area contributed by atoms with Crippen molar-refractivity contribution in [1.82, 2.24) is 0 Å². The van der Waals surface area contributed by atoms with Crippen LogP contribution in [-0.2, 0) is 9.53 Å². The lowest BCUT2D eigenvalue weighted by atomic mass is 10.1. The van der Waals surface area contributed by atoms with E-state index in [9.17, 15) is 9.59 Å². The molecule has 0 spiro atoms. The zero-order valence-corrected chi connectivity index (χ0v) is 16.1. The highest BCUT2D eigenvalue weighted by Crippen LogP contribution is 2.33. The van der Waals surface area contributed by atoms with E-state index in [0.29, 0.717) is 10.6 Å². The fourth-order valence-electron chi connectivity index (χ4n) is 2.12. The number of hydrogen-bond donors (Lipinski definition) is 1. The first-order chi connectivity index (χ1) is 11.7. The molecule has 1 amide bonds. The number of amides is 1. The van der Waals surface area contributed by atoms with E-state index in [1.807, 2.05) is 19.1 Å². The maximum absolute atomic E-state index is 12.3. The summed E-state index contributed by atoms with van der Waals surface area (Å²) in [6.45, 7) is 5.14. The fraction of sp³-hybridized carbons (Fsp3) is 0.222. The maximum atomic E-state index is 12.3. The molecule has 0 saturated carbocycles. The van der Waals surface area contributed by atoms with Crippen LogP contribution in [0.2, 0.25) is 15.1 Å². The van der Waals surface area contributed by atoms with E-state index in [1.165, 1.54) is 19.1 Å². The molecule has 0 aliphatic carbocycles. The quantitative estimate of drug-likeness (QED) is 0.694. The minimum atomic E-state index is -1.03. The summed E-state index contributed by atoms with van der Waals surface area (Å²) in [5.41, 5.74) is 2.33. The number of benzene rings is 2. The molecule has 0 bridgehead atoms. The van der Waals surface area contributed by atoms with Gasteiger partial charge in [-0.2, -0.15) is 0 Å². The lowest BCUT2D eigenvalue weighted by Gasteiger charge is -2.16. The van der Waals surface area contributed by atoms with E-state index in [4.69, 9.17) is 39.5 Å². The molecule has 2 aromatic carbocycles. The standard InChI is InChI=1S/C18H16Cl3NO3/c1-9-4-5-10(2)13(6-9)18(24)25-11(3)17(23)22-16-14(20)7-12(19)8-15(16)21/h4-8,11H,1-3H3,(H,22,23)/t11-/m0/s1. The van der Waals surface area contributed by atoms with Gasteiger partial charge < -0.3 is 10.1 Å². The number of ether oxygens (including phenoxy) is 1. The smallest absolute Gasteiger partial charge is 0.339 e. The first-order valence-electron chi connectivity index (χ1n) is 7.42. The molecule has 0 fully saturated rings. The van der Waals surface area contributed by atoms with Crippen LogP contribution >= 0.6 is 34.8 Å². The molecular formula is C18H16Cl3NO3. The Morgan fingerprint density at radius 3 is 2.24 bits per heavy atom. The molecular weight excluding hydrogens is 385 g/mol. The summed E-state index contributed by atoms with van der Waals surface area (Å²) in [5.74, 6) is -1.12. The van der Waals surface area contributed by atoms with Crippen molar-refractivity contribution in [3.8, 4) is 0 Å². The molecule has 0 aliphatic rings. The number of esters is 1. The van der Waals surface area contributed by atoms with Crippen LogP contribution in [0.15, 0.2) is 30.3 Å². The molecule has 4 nitrogen and oxygen atoms in total. The van der Waals surface area contributed by atoms with E-state index >= 15 is 0 Å². The predicted molar refractivity (Wildman–Crippen MR) is 101 cm³/mol. The lowest BCUT2D eigenvalue weighted by molar-refractivity contribution is -0.123. The Bertz CT molecular complexity index is 813. The molecule has 0 saturated heterocycles. The highest BCUT2D eigenvalue weighted by Gasteiger charge is 2.22. The number of hydrogen-bond acceptors (Lipinski definition) is 3. The summed E-state index contributed by atoms with van der Waals surface area (Å²) >= 11 is 17.9. The monoisotopic (exact) mass is 399 g/mol. The van der Waals surface area contributed by atoms with Gasteiger partial charge in [0.05, 0.1) is 21.3 Å². The molecule has 0 unspecified atom stereocenters. The molecule has 132 valence electrons. The second-order valence-corrected chi connectivity index (χ2v) is 6.85. The van der Waals surface area contributed by atoms with Crippen molar-refractivity contribution in [1.29, 1.82) is 0 Å². The summed E-state index contributed by atoms with van der Waals surface area (Å²) in [5, 5.41) is 3.29. The minimum absolute atomic E-state index is 0.193. The van der Waals surface area contributed by atoms with Gasteiger partial charge in [-0.1, -0.05) is 52.5 Å². The highest BCUT2D eigenvalue weighted by atomic mass is 35.5. The minimum Gasteiger partial charge on any atom is -0.449 e. The van der Waals surface area contributed by atoms with E-state index in [1.54, 1.807) is 13.0 Å². The maximum Gasteiger partial charge on any atom is 0.339 e. The predicted octanol–water partition coefficient (Wildman–Crippen LogP) is 5.45. The van der Waals surface area contributed by atoms with Crippen LogP contribution in [0, 0.1) is 13.8 Å². The largest absolute Gasteiger partial charge is 0.449 e. The third kappa shape index (κ3) is 4.88. The number of anilines is 1. The van der Waals surface area contributed by atoms with Gasteiger partial charge in [0.1, 0.15) is 0 Å². The van der Waals surface area contributed by atoms with Gasteiger partial charge in [-0.15, -0.1) is 0 Å². The van der Waals surface area contributed by atoms with Gasteiger partial charge in [0, 0.05) is 5.02 Å². The number of carbonyl (C=O) groups excluding carboxylic acids is 2. The lowest BCUT2D eigenvalue weighted by Crippen LogP contribution is -2.30. The van der Waals surface area contributed by atoms with E-state index in [0.717, 1.165) is 11.1 Å². The van der Waals surface area contributed by atoms with Gasteiger partial charge in [0.2, 0.25) is 0 Å². The Balaban J connectivity index is 2.10. The number of rotatable bonds is 4. The normalized spacial score (nSPS) is 11.8. The molecule has 7 heteroatoms. The average molecular weight is 401 g/mol. The Morgan fingerprint density at radius 2 is 1.64 bits per heavy atom. The van der Waals surface area contributed by atoms with E-state index in [-0.39, 0.29) is 15.7 Å². The van der Waals surface area contributed by atoms with Crippen molar-refractivity contribution < 1.29 is 14.3 Å². The topological polar surface area (TPSA) is 55.4 Å². The van der Waals surface area contributed by atoms with Crippen LogP contribution < -0.4 is 5.32 Å². The van der Waals surface area contributed by atoms with Crippen molar-refractivity contribution in [2.24, 2.45) is 0 Å². The van der Waals surface area contributed by atoms with Crippen LogP contribution in [-0.4, -0.2) is 18.0 Å². The van der Waals surface area contributed by atoms with Gasteiger partial charge in [-0.25, -0.2) is 4.79 Å². The highest BCUT2D eigenvalue weighted by molar-refractivity contribution is 6.42. The number of carbonyl (C=O) groups is 2. The first kappa shape index (κ1) is 19.6. The second-order valence-electron chi connectivity index (χ2n) is 5.60. The summed E-state index contributed by atoms with van der Waals surface area (Å²) in [6, 6.07) is 8.35. The summed E-state index contributed by atoms with van der Waals surface area (Å²) < 4.78 is 5.25. The molecule has 0 radical (unpaired) electrons. The van der Waals surface area contributed by atoms with Crippen LogP contribution in [0.1, 0.15) is 28.4 Å². The second kappa shape index (κ2) is 8.09. The Morgan fingerprint density at radius 1 is 1.04 bits per heavy atom. The summed E-state index contributed by atoms with van der Waals surface area (Å²) in [6.07, 6.45) is -1.03. The van der Waals surface area contributed by atoms with Crippen molar-refractivity contribution in [3.63, 3.8) is 0 Å². The van der Waals surface area contributed by atoms with Gasteiger partial charge in [0.25, 0.3) is 5.91 Å². The van der Waals surface area contributed by atoms with Gasteiger partial charge >= 0.3 is 5.97 Å². The number of nitrogens with one attached hydrogen (secondary N) is 1. The molecule has 2 aromatic rings. The Labute approximate surface area is 161 Å². The van der Waals surface area contributed by atoms with Crippen molar-refractivity contribution in [3.05, 3.63) is 62.1 Å². The van der Waals surface area contributed by atoms with Gasteiger partial charge in [0.15, 0.2) is 6.10 Å². The Kier molecular flexibility index (Phi) is 6.33. The molecule has 1 N–H and O–H groups in total. The first-order valence-corrected chi connectivity index (χ1v) is 8.56. The average Bonchev–Trinajstić information content (AvgIpc) is 2.52. The van der Waals surface area contributed by atoms with Gasteiger partial charge in [-0.3, -0.25) is 4.79 Å². The van der Waals surface area contributed by atoms with Crippen molar-refractivity contribution in [2.75, 3.05) is 5.32 Å². The number of halogens is 3. The molecule has 1 atom stereocenters. The Hall–Kier alpha value is -1.75. The zero-order chi connectivity index (χ0) is 18.7. The van der Waals surface area contributed by atoms with E-state index in [2.05, 4.69) is 5.32 Å². The third-order valence-corrected chi connectivity index (χ3v) is 4.34.